The maximum absolute atomic E-state index is 12.0. The lowest BCUT2D eigenvalue weighted by atomic mass is 9.95. The van der Waals surface area contributed by atoms with E-state index in [1.165, 1.54) is 32.1 Å². The second kappa shape index (κ2) is 7.55. The van der Waals surface area contributed by atoms with E-state index in [-0.39, 0.29) is 5.97 Å². The van der Waals surface area contributed by atoms with Crippen molar-refractivity contribution in [1.29, 1.82) is 0 Å². The number of nitrogens with zero attached hydrogens (tertiary/aromatic N) is 3. The number of aromatic nitrogens is 1. The molecule has 0 spiro atoms. The van der Waals surface area contributed by atoms with E-state index in [1.807, 2.05) is 24.1 Å². The van der Waals surface area contributed by atoms with Crippen LogP contribution in [0.2, 0.25) is 0 Å². The summed E-state index contributed by atoms with van der Waals surface area (Å²) in [5.41, 5.74) is 6.57. The highest BCUT2D eigenvalue weighted by molar-refractivity contribution is 5.71. The molecule has 0 radical (unpaired) electrons. The molecule has 0 atom stereocenters. The summed E-state index contributed by atoms with van der Waals surface area (Å²) in [5.74, 6) is 0.879. The molecule has 3 rings (SSSR count). The van der Waals surface area contributed by atoms with Gasteiger partial charge in [0.25, 0.3) is 0 Å². The quantitative estimate of drug-likeness (QED) is 0.836. The highest BCUT2D eigenvalue weighted by atomic mass is 16.6. The van der Waals surface area contributed by atoms with Crippen molar-refractivity contribution in [2.24, 2.45) is 0 Å². The van der Waals surface area contributed by atoms with Gasteiger partial charge in [0.05, 0.1) is 24.8 Å². The van der Waals surface area contributed by atoms with Crippen LogP contribution >= 0.6 is 0 Å². The van der Waals surface area contributed by atoms with Gasteiger partial charge < -0.3 is 15.4 Å². The molecule has 2 aliphatic rings. The average Bonchev–Trinajstić information content (AvgIpc) is 3.00. The average molecular weight is 330 g/mol. The zero-order valence-corrected chi connectivity index (χ0v) is 14.3. The number of esters is 1. The van der Waals surface area contributed by atoms with E-state index in [4.69, 9.17) is 10.5 Å². The first-order valence-electron chi connectivity index (χ1n) is 8.84. The molecule has 1 aromatic heterocycles. The summed E-state index contributed by atoms with van der Waals surface area (Å²) in [6.07, 6.45) is 11.2. The number of anilines is 2. The molecule has 1 aliphatic carbocycles. The lowest BCUT2D eigenvalue weighted by molar-refractivity contribution is -0.139. The smallest absolute Gasteiger partial charge is 0.312 e. The molecule has 0 bridgehead atoms. The molecule has 0 aromatic carbocycles. The van der Waals surface area contributed by atoms with Crippen molar-refractivity contribution in [3.8, 4) is 0 Å². The molecule has 1 fully saturated rings. The Hall–Kier alpha value is -2.24. The van der Waals surface area contributed by atoms with Crippen LogP contribution in [0.1, 0.15) is 51.9 Å². The monoisotopic (exact) mass is 330 g/mol. The van der Waals surface area contributed by atoms with E-state index in [9.17, 15) is 4.79 Å². The van der Waals surface area contributed by atoms with Crippen LogP contribution in [0.25, 0.3) is 0 Å². The van der Waals surface area contributed by atoms with Crippen LogP contribution in [0.5, 0.6) is 0 Å². The maximum Gasteiger partial charge on any atom is 0.312 e. The normalized spacial score (nSPS) is 18.6. The maximum atomic E-state index is 12.0. The Labute approximate surface area is 143 Å². The SMILES string of the molecule is CCCC(=O)OC1=CN(C2CCCCC2)CN1c1ccc(N)nc1. The molecular formula is C18H26N4O2. The van der Waals surface area contributed by atoms with Crippen molar-refractivity contribution in [3.05, 3.63) is 30.4 Å². The van der Waals surface area contributed by atoms with E-state index >= 15 is 0 Å². The predicted octanol–water partition coefficient (Wildman–Crippen LogP) is 3.22. The molecule has 0 unspecified atom stereocenters. The van der Waals surface area contributed by atoms with Crippen molar-refractivity contribution in [3.63, 3.8) is 0 Å². The van der Waals surface area contributed by atoms with Gasteiger partial charge in [0.2, 0.25) is 5.88 Å². The summed E-state index contributed by atoms with van der Waals surface area (Å²) in [4.78, 5) is 20.4. The number of pyridine rings is 1. The molecule has 6 heteroatoms. The van der Waals surface area contributed by atoms with Crippen molar-refractivity contribution >= 4 is 17.5 Å². The fraction of sp³-hybridized carbons (Fsp3) is 0.556. The number of ether oxygens (including phenoxy) is 1. The summed E-state index contributed by atoms with van der Waals surface area (Å²) in [6, 6.07) is 4.20. The molecule has 0 saturated heterocycles. The molecule has 0 amide bonds. The van der Waals surface area contributed by atoms with Crippen molar-refractivity contribution < 1.29 is 9.53 Å². The minimum Gasteiger partial charge on any atom is -0.408 e. The highest BCUT2D eigenvalue weighted by Gasteiger charge is 2.30. The van der Waals surface area contributed by atoms with E-state index in [1.54, 1.807) is 12.3 Å². The minimum atomic E-state index is -0.192. The van der Waals surface area contributed by atoms with Crippen LogP contribution in [-0.2, 0) is 9.53 Å². The number of carbonyl (C=O) groups excluding carboxylic acids is 1. The number of hydrogen-bond donors (Lipinski definition) is 1. The first-order valence-corrected chi connectivity index (χ1v) is 8.84. The Kier molecular flexibility index (Phi) is 5.23. The lowest BCUT2D eigenvalue weighted by Gasteiger charge is -2.32. The third kappa shape index (κ3) is 3.80. The molecule has 6 nitrogen and oxygen atoms in total. The predicted molar refractivity (Wildman–Crippen MR) is 93.8 cm³/mol. The molecule has 1 saturated carbocycles. The summed E-state index contributed by atoms with van der Waals surface area (Å²) in [7, 11) is 0. The lowest BCUT2D eigenvalue weighted by Crippen LogP contribution is -2.36. The van der Waals surface area contributed by atoms with Gasteiger partial charge in [-0.05, 0) is 31.4 Å². The van der Waals surface area contributed by atoms with E-state index < -0.39 is 0 Å². The van der Waals surface area contributed by atoms with Gasteiger partial charge in [0.15, 0.2) is 0 Å². The molecule has 1 aliphatic heterocycles. The van der Waals surface area contributed by atoms with Crippen LogP contribution in [0.15, 0.2) is 30.4 Å². The van der Waals surface area contributed by atoms with Gasteiger partial charge in [-0.1, -0.05) is 26.2 Å². The van der Waals surface area contributed by atoms with E-state index in [0.717, 1.165) is 12.1 Å². The van der Waals surface area contributed by atoms with Crippen molar-refractivity contribution in [1.82, 2.24) is 9.88 Å². The van der Waals surface area contributed by atoms with Gasteiger partial charge in [-0.25, -0.2) is 4.98 Å². The molecule has 24 heavy (non-hydrogen) atoms. The number of nitrogen functional groups attached to an aromatic ring is 1. The largest absolute Gasteiger partial charge is 0.408 e. The summed E-state index contributed by atoms with van der Waals surface area (Å²) in [5, 5.41) is 0. The number of hydrogen-bond acceptors (Lipinski definition) is 6. The van der Waals surface area contributed by atoms with Crippen LogP contribution in [0.3, 0.4) is 0 Å². The zero-order chi connectivity index (χ0) is 16.9. The Morgan fingerprint density at radius 2 is 2.12 bits per heavy atom. The number of rotatable bonds is 5. The van der Waals surface area contributed by atoms with E-state index in [0.29, 0.717) is 30.8 Å². The molecule has 2 heterocycles. The first kappa shape index (κ1) is 16.6. The Morgan fingerprint density at radius 1 is 1.33 bits per heavy atom. The van der Waals surface area contributed by atoms with E-state index in [2.05, 4.69) is 9.88 Å². The second-order valence-corrected chi connectivity index (χ2v) is 6.51. The first-order chi connectivity index (χ1) is 11.7. The minimum absolute atomic E-state index is 0.192. The topological polar surface area (TPSA) is 71.7 Å². The summed E-state index contributed by atoms with van der Waals surface area (Å²) >= 11 is 0. The molecular weight excluding hydrogens is 304 g/mol. The van der Waals surface area contributed by atoms with Gasteiger partial charge in [-0.3, -0.25) is 9.69 Å². The molecule has 130 valence electrons. The summed E-state index contributed by atoms with van der Waals surface area (Å²) < 4.78 is 5.62. The third-order valence-electron chi connectivity index (χ3n) is 4.65. The van der Waals surface area contributed by atoms with Crippen molar-refractivity contribution in [2.75, 3.05) is 17.3 Å². The van der Waals surface area contributed by atoms with Crippen LogP contribution < -0.4 is 10.6 Å². The van der Waals surface area contributed by atoms with Crippen LogP contribution in [-0.4, -0.2) is 28.6 Å². The standard InChI is InChI=1S/C18H26N4O2/c1-2-6-18(23)24-17-12-21(14-7-4-3-5-8-14)13-22(17)15-9-10-16(19)20-11-15/h9-12,14H,2-8,13H2,1H3,(H2,19,20). The molecule has 2 N–H and O–H groups in total. The van der Waals surface area contributed by atoms with Crippen LogP contribution in [0, 0.1) is 0 Å². The number of carbonyl (C=O) groups is 1. The number of nitrogens with two attached hydrogens (primary N) is 1. The molecule has 1 aromatic rings. The Balaban J connectivity index is 1.78. The second-order valence-electron chi connectivity index (χ2n) is 6.51. The Morgan fingerprint density at radius 3 is 2.79 bits per heavy atom. The van der Waals surface area contributed by atoms with Crippen LogP contribution in [0.4, 0.5) is 11.5 Å². The van der Waals surface area contributed by atoms with Gasteiger partial charge in [0, 0.05) is 12.5 Å². The summed E-state index contributed by atoms with van der Waals surface area (Å²) in [6.45, 7) is 2.66. The third-order valence-corrected chi connectivity index (χ3v) is 4.65. The van der Waals surface area contributed by atoms with Gasteiger partial charge >= 0.3 is 5.97 Å². The fourth-order valence-electron chi connectivity index (χ4n) is 3.34. The van der Waals surface area contributed by atoms with Gasteiger partial charge in [-0.2, -0.15) is 0 Å². The fourth-order valence-corrected chi connectivity index (χ4v) is 3.34. The van der Waals surface area contributed by atoms with Gasteiger partial charge in [0.1, 0.15) is 5.82 Å². The Bertz CT molecular complexity index is 594. The van der Waals surface area contributed by atoms with Crippen molar-refractivity contribution in [2.45, 2.75) is 57.9 Å². The highest BCUT2D eigenvalue weighted by Crippen LogP contribution is 2.31. The zero-order valence-electron chi connectivity index (χ0n) is 14.3. The van der Waals surface area contributed by atoms with Gasteiger partial charge in [-0.15, -0.1) is 0 Å².